The Balaban J connectivity index is 1.68. The van der Waals surface area contributed by atoms with Crippen LogP contribution in [0, 0.1) is 0 Å². The van der Waals surface area contributed by atoms with Gasteiger partial charge < -0.3 is 10.1 Å². The summed E-state index contributed by atoms with van der Waals surface area (Å²) in [7, 11) is 0. The van der Waals surface area contributed by atoms with Crippen LogP contribution in [0.15, 0.2) is 40.2 Å². The van der Waals surface area contributed by atoms with E-state index in [1.54, 1.807) is 16.6 Å². The van der Waals surface area contributed by atoms with Gasteiger partial charge in [0.2, 0.25) is 5.78 Å². The third-order valence-corrected chi connectivity index (χ3v) is 5.38. The molecule has 0 radical (unpaired) electrons. The second-order valence-corrected chi connectivity index (χ2v) is 7.13. The van der Waals surface area contributed by atoms with Crippen LogP contribution in [0.5, 0.6) is 0 Å². The molecular formula is C20H17N5O4. The van der Waals surface area contributed by atoms with Crippen LogP contribution in [0.3, 0.4) is 0 Å². The normalized spacial score (nSPS) is 12.0. The van der Waals surface area contributed by atoms with Crippen molar-refractivity contribution in [2.75, 3.05) is 0 Å². The Morgan fingerprint density at radius 1 is 1.00 bits per heavy atom. The van der Waals surface area contributed by atoms with E-state index in [1.165, 1.54) is 10.9 Å². The lowest BCUT2D eigenvalue weighted by Gasteiger charge is -2.13. The van der Waals surface area contributed by atoms with Crippen molar-refractivity contribution < 1.29 is 9.90 Å². The van der Waals surface area contributed by atoms with E-state index in [-0.39, 0.29) is 24.1 Å². The minimum absolute atomic E-state index is 0.0901. The molecule has 9 nitrogen and oxygen atoms in total. The largest absolute Gasteiger partial charge is 0.481 e. The van der Waals surface area contributed by atoms with Crippen LogP contribution in [0.4, 0.5) is 0 Å². The zero-order valence-corrected chi connectivity index (χ0v) is 15.4. The number of carboxylic acid groups (broad SMARTS) is 1. The van der Waals surface area contributed by atoms with Crippen molar-refractivity contribution >= 4 is 44.3 Å². The van der Waals surface area contributed by atoms with E-state index in [0.717, 1.165) is 16.4 Å². The van der Waals surface area contributed by atoms with Gasteiger partial charge in [-0.15, -0.1) is 0 Å². The third kappa shape index (κ3) is 2.58. The van der Waals surface area contributed by atoms with Crippen molar-refractivity contribution in [3.63, 3.8) is 0 Å². The zero-order valence-electron chi connectivity index (χ0n) is 15.4. The van der Waals surface area contributed by atoms with E-state index >= 15 is 0 Å². The van der Waals surface area contributed by atoms with Crippen molar-refractivity contribution in [2.45, 2.75) is 32.2 Å². The second-order valence-electron chi connectivity index (χ2n) is 7.13. The third-order valence-electron chi connectivity index (χ3n) is 5.38. The van der Waals surface area contributed by atoms with Crippen LogP contribution in [-0.2, 0) is 11.3 Å². The molecule has 2 N–H and O–H groups in total. The van der Waals surface area contributed by atoms with Crippen LogP contribution < -0.4 is 11.1 Å². The molecule has 0 fully saturated rings. The van der Waals surface area contributed by atoms with E-state index in [4.69, 9.17) is 5.11 Å². The highest BCUT2D eigenvalue weighted by molar-refractivity contribution is 6.21. The van der Waals surface area contributed by atoms with Crippen LogP contribution in [0.1, 0.15) is 25.7 Å². The van der Waals surface area contributed by atoms with Crippen LogP contribution in [-0.4, -0.2) is 35.2 Å². The Hall–Kier alpha value is -3.75. The van der Waals surface area contributed by atoms with E-state index in [2.05, 4.69) is 15.1 Å². The number of nitrogens with one attached hydrogen (secondary N) is 1. The van der Waals surface area contributed by atoms with Crippen molar-refractivity contribution in [1.29, 1.82) is 0 Å². The first-order valence-electron chi connectivity index (χ1n) is 9.41. The molecule has 0 atom stereocenters. The molecular weight excluding hydrogens is 374 g/mol. The van der Waals surface area contributed by atoms with Gasteiger partial charge in [0.1, 0.15) is 6.33 Å². The number of aromatic amines is 1. The maximum Gasteiger partial charge on any atom is 0.303 e. The molecule has 0 aliphatic rings. The molecule has 2 aromatic carbocycles. The quantitative estimate of drug-likeness (QED) is 0.338. The van der Waals surface area contributed by atoms with Gasteiger partial charge in [0.15, 0.2) is 0 Å². The number of pyridine rings is 1. The van der Waals surface area contributed by atoms with Crippen molar-refractivity contribution in [1.82, 2.24) is 24.1 Å². The predicted molar refractivity (Wildman–Crippen MR) is 108 cm³/mol. The number of aromatic nitrogens is 5. The summed E-state index contributed by atoms with van der Waals surface area (Å²) in [4.78, 5) is 44.1. The summed E-state index contributed by atoms with van der Waals surface area (Å²) in [6.07, 6.45) is 3.28. The molecule has 3 aromatic heterocycles. The number of benzene rings is 2. The van der Waals surface area contributed by atoms with Crippen molar-refractivity contribution in [2.24, 2.45) is 0 Å². The fourth-order valence-electron chi connectivity index (χ4n) is 4.05. The number of H-pyrrole nitrogens is 1. The Labute approximate surface area is 162 Å². The number of hydrogen-bond acceptors (Lipinski definition) is 5. The number of fused-ring (bicyclic) bond motifs is 2. The standard InChI is InChI=1S/C20H17N5O4/c26-15(27)4-2-1-3-9-24-18(28)11-5-7-13-17-14(25-20(23-13)21-10-22-25)8-6-12(16(11)17)19(24)29/h5-8,10H,1-4,9H2,(H,26,27)(H,21,22,23). The first-order chi connectivity index (χ1) is 14.1. The summed E-state index contributed by atoms with van der Waals surface area (Å²) < 4.78 is 2.91. The highest BCUT2D eigenvalue weighted by Gasteiger charge is 2.18. The Morgan fingerprint density at radius 3 is 2.52 bits per heavy atom. The molecule has 0 saturated carbocycles. The van der Waals surface area contributed by atoms with Gasteiger partial charge in [-0.3, -0.25) is 19.0 Å². The number of rotatable bonds is 6. The number of carboxylic acids is 1. The van der Waals surface area contributed by atoms with Crippen LogP contribution >= 0.6 is 0 Å². The maximum absolute atomic E-state index is 13.1. The molecule has 146 valence electrons. The average molecular weight is 391 g/mol. The smallest absolute Gasteiger partial charge is 0.303 e. The van der Waals surface area contributed by atoms with Gasteiger partial charge in [-0.05, 0) is 37.1 Å². The van der Waals surface area contributed by atoms with E-state index in [0.29, 0.717) is 41.2 Å². The highest BCUT2D eigenvalue weighted by Crippen LogP contribution is 2.30. The molecule has 0 spiro atoms. The molecule has 9 heteroatoms. The van der Waals surface area contributed by atoms with Gasteiger partial charge in [-0.2, -0.15) is 14.6 Å². The summed E-state index contributed by atoms with van der Waals surface area (Å²) in [5, 5.41) is 15.3. The maximum atomic E-state index is 13.1. The SMILES string of the molecule is O=C(O)CCCCCn1c(=O)c2ccc3[nH]c4ncnn4c4ccc(c1=O)c2c34. The molecule has 0 amide bonds. The summed E-state index contributed by atoms with van der Waals surface area (Å²) in [5.74, 6) is -0.259. The molecule has 0 aliphatic heterocycles. The van der Waals surface area contributed by atoms with E-state index in [9.17, 15) is 14.4 Å². The molecule has 5 rings (SSSR count). The highest BCUT2D eigenvalue weighted by atomic mass is 16.4. The Bertz CT molecular complexity index is 1480. The molecule has 0 saturated heterocycles. The molecule has 29 heavy (non-hydrogen) atoms. The fraction of sp³-hybridized carbons (Fsp3) is 0.250. The minimum atomic E-state index is -0.840. The number of unbranched alkanes of at least 4 members (excludes halogenated alkanes) is 2. The number of hydrogen-bond donors (Lipinski definition) is 2. The summed E-state index contributed by atoms with van der Waals surface area (Å²) in [6, 6.07) is 7.11. The van der Waals surface area contributed by atoms with Gasteiger partial charge in [0.25, 0.3) is 11.1 Å². The zero-order chi connectivity index (χ0) is 20.1. The number of aliphatic carboxylic acids is 1. The van der Waals surface area contributed by atoms with Gasteiger partial charge >= 0.3 is 5.97 Å². The summed E-state index contributed by atoms with van der Waals surface area (Å²) in [5.41, 5.74) is 0.904. The van der Waals surface area contributed by atoms with E-state index in [1.807, 2.05) is 12.1 Å². The minimum Gasteiger partial charge on any atom is -0.481 e. The van der Waals surface area contributed by atoms with E-state index < -0.39 is 5.97 Å². The van der Waals surface area contributed by atoms with Gasteiger partial charge in [0, 0.05) is 34.5 Å². The molecule has 5 aromatic rings. The molecule has 0 aliphatic carbocycles. The average Bonchev–Trinajstić information content (AvgIpc) is 3.18. The first-order valence-corrected chi connectivity index (χ1v) is 9.41. The first kappa shape index (κ1) is 17.4. The molecule has 0 unspecified atom stereocenters. The monoisotopic (exact) mass is 391 g/mol. The Morgan fingerprint density at radius 2 is 1.76 bits per heavy atom. The topological polar surface area (TPSA) is 122 Å². The van der Waals surface area contributed by atoms with Gasteiger partial charge in [-0.25, -0.2) is 0 Å². The summed E-state index contributed by atoms with van der Waals surface area (Å²) >= 11 is 0. The van der Waals surface area contributed by atoms with Gasteiger partial charge in [0.05, 0.1) is 11.0 Å². The van der Waals surface area contributed by atoms with Crippen LogP contribution in [0.25, 0.3) is 38.4 Å². The van der Waals surface area contributed by atoms with Crippen LogP contribution in [0.2, 0.25) is 0 Å². The summed E-state index contributed by atoms with van der Waals surface area (Å²) in [6.45, 7) is 0.271. The van der Waals surface area contributed by atoms with Crippen molar-refractivity contribution in [3.8, 4) is 0 Å². The lowest BCUT2D eigenvalue weighted by Crippen LogP contribution is -2.33. The fourth-order valence-corrected chi connectivity index (χ4v) is 4.05. The number of nitrogens with zero attached hydrogens (tertiary/aromatic N) is 4. The second kappa shape index (κ2) is 6.40. The lowest BCUT2D eigenvalue weighted by atomic mass is 10.0. The lowest BCUT2D eigenvalue weighted by molar-refractivity contribution is -0.137. The van der Waals surface area contributed by atoms with Crippen molar-refractivity contribution in [3.05, 3.63) is 51.3 Å². The molecule has 3 heterocycles. The number of carbonyl (C=O) groups is 1. The Kier molecular flexibility index (Phi) is 3.83. The van der Waals surface area contributed by atoms with Gasteiger partial charge in [-0.1, -0.05) is 6.42 Å². The predicted octanol–water partition coefficient (Wildman–Crippen LogP) is 2.12. The molecule has 0 bridgehead atoms.